The normalized spacial score (nSPS) is 11.4. The van der Waals surface area contributed by atoms with Crippen LogP contribution in [-0.2, 0) is 17.1 Å². The smallest absolute Gasteiger partial charge is 0.263 e. The molecule has 0 amide bonds. The Morgan fingerprint density at radius 3 is 2.71 bits per heavy atom. The van der Waals surface area contributed by atoms with Crippen molar-refractivity contribution < 1.29 is 8.42 Å². The molecular formula is C9H11N5O2S. The lowest BCUT2D eigenvalue weighted by molar-refractivity contribution is 0.599. The third-order valence-electron chi connectivity index (χ3n) is 2.04. The molecule has 2 aromatic heterocycles. The van der Waals surface area contributed by atoms with E-state index in [4.69, 9.17) is 0 Å². The van der Waals surface area contributed by atoms with Crippen molar-refractivity contribution in [2.24, 2.45) is 7.05 Å². The molecule has 2 aromatic rings. The lowest BCUT2D eigenvalue weighted by Crippen LogP contribution is -2.16. The van der Waals surface area contributed by atoms with Crippen molar-refractivity contribution in [1.29, 1.82) is 0 Å². The number of aromatic nitrogens is 4. The van der Waals surface area contributed by atoms with Crippen LogP contribution in [-0.4, -0.2) is 28.2 Å². The number of hydrogen-bond donors (Lipinski definition) is 1. The van der Waals surface area contributed by atoms with E-state index in [1.165, 1.54) is 23.1 Å². The van der Waals surface area contributed by atoms with Crippen molar-refractivity contribution in [2.45, 2.75) is 11.8 Å². The molecule has 0 aromatic carbocycles. The zero-order valence-electron chi connectivity index (χ0n) is 9.32. The van der Waals surface area contributed by atoms with Gasteiger partial charge >= 0.3 is 0 Å². The van der Waals surface area contributed by atoms with E-state index in [1.54, 1.807) is 20.0 Å². The summed E-state index contributed by atoms with van der Waals surface area (Å²) in [4.78, 5) is 7.80. The van der Waals surface area contributed by atoms with Gasteiger partial charge in [0.2, 0.25) is 5.95 Å². The summed E-state index contributed by atoms with van der Waals surface area (Å²) >= 11 is 0. The predicted molar refractivity (Wildman–Crippen MR) is 60.8 cm³/mol. The maximum Gasteiger partial charge on any atom is 0.265 e. The van der Waals surface area contributed by atoms with Crippen LogP contribution in [0.5, 0.6) is 0 Å². The van der Waals surface area contributed by atoms with Crippen molar-refractivity contribution in [2.75, 3.05) is 4.72 Å². The number of sulfonamides is 1. The summed E-state index contributed by atoms with van der Waals surface area (Å²) in [6.45, 7) is 1.68. The summed E-state index contributed by atoms with van der Waals surface area (Å²) in [6.07, 6.45) is 2.77. The van der Waals surface area contributed by atoms with E-state index in [-0.39, 0.29) is 10.8 Å². The average Bonchev–Trinajstić information content (AvgIpc) is 2.58. The summed E-state index contributed by atoms with van der Waals surface area (Å²) in [5.41, 5.74) is 0. The lowest BCUT2D eigenvalue weighted by atomic mass is 10.5. The van der Waals surface area contributed by atoms with Gasteiger partial charge in [0.25, 0.3) is 10.0 Å². The molecule has 2 rings (SSSR count). The number of hydrogen-bond acceptors (Lipinski definition) is 5. The van der Waals surface area contributed by atoms with Crippen LogP contribution in [0, 0.1) is 6.92 Å². The molecule has 0 aliphatic heterocycles. The van der Waals surface area contributed by atoms with Gasteiger partial charge in [0, 0.05) is 19.4 Å². The van der Waals surface area contributed by atoms with Crippen LogP contribution in [0.15, 0.2) is 29.4 Å². The molecule has 8 heteroatoms. The monoisotopic (exact) mass is 253 g/mol. The third-order valence-corrected chi connectivity index (χ3v) is 3.35. The standard InChI is InChI=1S/C9H11N5O2S/c1-7-11-9(14(2)12-7)13-17(15,16)8-4-3-5-10-6-8/h3-6H,1-2H3,(H,11,12,13). The van der Waals surface area contributed by atoms with Gasteiger partial charge in [-0.05, 0) is 19.1 Å². The second-order valence-corrected chi connectivity index (χ2v) is 5.08. The molecule has 0 aliphatic carbocycles. The van der Waals surface area contributed by atoms with Crippen molar-refractivity contribution in [3.05, 3.63) is 30.4 Å². The molecule has 0 atom stereocenters. The lowest BCUT2D eigenvalue weighted by Gasteiger charge is -2.05. The maximum atomic E-state index is 11.9. The second kappa shape index (κ2) is 4.13. The first-order chi connectivity index (χ1) is 7.99. The highest BCUT2D eigenvalue weighted by atomic mass is 32.2. The van der Waals surface area contributed by atoms with Crippen molar-refractivity contribution in [3.63, 3.8) is 0 Å². The maximum absolute atomic E-state index is 11.9. The Hall–Kier alpha value is -1.96. The van der Waals surface area contributed by atoms with Crippen LogP contribution in [0.1, 0.15) is 5.82 Å². The molecule has 0 radical (unpaired) electrons. The topological polar surface area (TPSA) is 89.8 Å². The summed E-state index contributed by atoms with van der Waals surface area (Å²) in [6, 6.07) is 3.01. The van der Waals surface area contributed by atoms with E-state index in [0.717, 1.165) is 0 Å². The fourth-order valence-electron chi connectivity index (χ4n) is 1.29. The molecule has 0 aliphatic rings. The molecule has 7 nitrogen and oxygen atoms in total. The zero-order valence-corrected chi connectivity index (χ0v) is 10.1. The molecule has 0 fully saturated rings. The summed E-state index contributed by atoms with van der Waals surface area (Å²) in [5.74, 6) is 0.669. The third kappa shape index (κ3) is 2.41. The van der Waals surface area contributed by atoms with E-state index in [9.17, 15) is 8.42 Å². The molecule has 0 spiro atoms. The van der Waals surface area contributed by atoms with Gasteiger partial charge in [-0.3, -0.25) is 4.98 Å². The van der Waals surface area contributed by atoms with Gasteiger partial charge in [-0.2, -0.15) is 10.1 Å². The van der Waals surface area contributed by atoms with E-state index in [0.29, 0.717) is 5.82 Å². The Morgan fingerprint density at radius 2 is 2.18 bits per heavy atom. The van der Waals surface area contributed by atoms with Crippen LogP contribution in [0.4, 0.5) is 5.95 Å². The van der Waals surface area contributed by atoms with Gasteiger partial charge in [-0.1, -0.05) is 0 Å². The molecule has 2 heterocycles. The minimum atomic E-state index is -3.66. The molecule has 17 heavy (non-hydrogen) atoms. The second-order valence-electron chi connectivity index (χ2n) is 3.40. The SMILES string of the molecule is Cc1nc(NS(=O)(=O)c2cccnc2)n(C)n1. The van der Waals surface area contributed by atoms with Gasteiger partial charge in [0.1, 0.15) is 10.7 Å². The summed E-state index contributed by atoms with van der Waals surface area (Å²) in [5, 5.41) is 3.95. The number of anilines is 1. The first-order valence-corrected chi connectivity index (χ1v) is 6.28. The predicted octanol–water partition coefficient (Wildman–Crippen LogP) is 0.319. The van der Waals surface area contributed by atoms with E-state index in [2.05, 4.69) is 19.8 Å². The highest BCUT2D eigenvalue weighted by Gasteiger charge is 2.17. The van der Waals surface area contributed by atoms with Crippen molar-refractivity contribution in [1.82, 2.24) is 19.7 Å². The van der Waals surface area contributed by atoms with E-state index >= 15 is 0 Å². The Morgan fingerprint density at radius 1 is 1.41 bits per heavy atom. The Bertz CT molecular complexity index is 620. The van der Waals surface area contributed by atoms with Gasteiger partial charge in [0.05, 0.1) is 0 Å². The molecule has 90 valence electrons. The largest absolute Gasteiger partial charge is 0.265 e. The first kappa shape index (κ1) is 11.5. The molecule has 0 bridgehead atoms. The Kier molecular flexibility index (Phi) is 2.80. The minimum absolute atomic E-state index is 0.0839. The van der Waals surface area contributed by atoms with Crippen LogP contribution in [0.2, 0.25) is 0 Å². The van der Waals surface area contributed by atoms with Gasteiger partial charge in [0.15, 0.2) is 0 Å². The van der Waals surface area contributed by atoms with Crippen LogP contribution in [0.25, 0.3) is 0 Å². The number of nitrogens with zero attached hydrogens (tertiary/aromatic N) is 4. The van der Waals surface area contributed by atoms with Gasteiger partial charge in [-0.15, -0.1) is 0 Å². The first-order valence-electron chi connectivity index (χ1n) is 4.79. The summed E-state index contributed by atoms with van der Waals surface area (Å²) in [7, 11) is -2.05. The highest BCUT2D eigenvalue weighted by Crippen LogP contribution is 2.12. The molecule has 0 saturated heterocycles. The number of rotatable bonds is 3. The Balaban J connectivity index is 2.33. The Labute approximate surface area is 98.6 Å². The van der Waals surface area contributed by atoms with E-state index < -0.39 is 10.0 Å². The average molecular weight is 253 g/mol. The number of nitrogens with one attached hydrogen (secondary N) is 1. The fraction of sp³-hybridized carbons (Fsp3) is 0.222. The molecule has 0 saturated carbocycles. The highest BCUT2D eigenvalue weighted by molar-refractivity contribution is 7.92. The van der Waals surface area contributed by atoms with Crippen molar-refractivity contribution in [3.8, 4) is 0 Å². The van der Waals surface area contributed by atoms with Crippen LogP contribution < -0.4 is 4.72 Å². The van der Waals surface area contributed by atoms with Crippen LogP contribution in [0.3, 0.4) is 0 Å². The van der Waals surface area contributed by atoms with Gasteiger partial charge in [-0.25, -0.2) is 17.8 Å². The van der Waals surface area contributed by atoms with Gasteiger partial charge < -0.3 is 0 Å². The van der Waals surface area contributed by atoms with Crippen molar-refractivity contribution >= 4 is 16.0 Å². The molecule has 1 N–H and O–H groups in total. The number of pyridine rings is 1. The quantitative estimate of drug-likeness (QED) is 0.850. The van der Waals surface area contributed by atoms with Crippen LogP contribution >= 0.6 is 0 Å². The fourth-order valence-corrected chi connectivity index (χ4v) is 2.28. The number of aryl methyl sites for hydroxylation is 2. The summed E-state index contributed by atoms with van der Waals surface area (Å²) < 4.78 is 27.6. The zero-order chi connectivity index (χ0) is 12.5. The minimum Gasteiger partial charge on any atom is -0.263 e. The molecular weight excluding hydrogens is 242 g/mol. The molecule has 0 unspecified atom stereocenters. The van der Waals surface area contributed by atoms with E-state index in [1.807, 2.05) is 0 Å².